The van der Waals surface area contributed by atoms with Crippen molar-refractivity contribution in [2.45, 2.75) is 37.8 Å². The van der Waals surface area contributed by atoms with Crippen LogP contribution in [0.15, 0.2) is 4.99 Å². The van der Waals surface area contributed by atoms with E-state index in [4.69, 9.17) is 5.11 Å². The summed E-state index contributed by atoms with van der Waals surface area (Å²) in [5, 5.41) is 9.76. The first kappa shape index (κ1) is 9.83. The molecule has 1 amide bonds. The summed E-state index contributed by atoms with van der Waals surface area (Å²) in [7, 11) is 0. The van der Waals surface area contributed by atoms with Crippen LogP contribution >= 0.6 is 11.8 Å². The van der Waals surface area contributed by atoms with Crippen molar-refractivity contribution in [2.24, 2.45) is 4.99 Å². The van der Waals surface area contributed by atoms with Crippen LogP contribution in [0.5, 0.6) is 0 Å². The van der Waals surface area contributed by atoms with Crippen molar-refractivity contribution in [3.8, 4) is 0 Å². The Morgan fingerprint density at radius 1 is 1.57 bits per heavy atom. The lowest BCUT2D eigenvalue weighted by Gasteiger charge is -2.28. The molecule has 0 aromatic heterocycles. The van der Waals surface area contributed by atoms with Crippen LogP contribution in [0.1, 0.15) is 25.7 Å². The predicted molar refractivity (Wildman–Crippen MR) is 56.9 cm³/mol. The van der Waals surface area contributed by atoms with E-state index in [0.29, 0.717) is 5.17 Å². The van der Waals surface area contributed by atoms with Gasteiger partial charge in [-0.15, -0.1) is 0 Å². The lowest BCUT2D eigenvalue weighted by atomic mass is 9.91. The average Bonchev–Trinajstić information content (AvgIpc) is 2.55. The number of carboxylic acid groups (broad SMARTS) is 1. The van der Waals surface area contributed by atoms with Gasteiger partial charge in [-0.05, 0) is 19.1 Å². The first-order valence-corrected chi connectivity index (χ1v) is 6.10. The molecule has 5 heteroatoms. The van der Waals surface area contributed by atoms with Crippen molar-refractivity contribution >= 4 is 23.0 Å². The van der Waals surface area contributed by atoms with Gasteiger partial charge in [0.05, 0.1) is 12.1 Å². The second kappa shape index (κ2) is 3.81. The third-order valence-electron chi connectivity index (χ3n) is 2.90. The molecule has 1 aliphatic carbocycles. The Kier molecular flexibility index (Phi) is 2.67. The fourth-order valence-electron chi connectivity index (χ4n) is 2.26. The van der Waals surface area contributed by atoms with Crippen molar-refractivity contribution < 1.29 is 9.90 Å². The van der Waals surface area contributed by atoms with Gasteiger partial charge in [-0.25, -0.2) is 4.79 Å². The Bertz CT molecular complexity index is 280. The summed E-state index contributed by atoms with van der Waals surface area (Å²) in [5.41, 5.74) is 0. The largest absolute Gasteiger partial charge is 0.465 e. The second-order valence-corrected chi connectivity index (χ2v) is 4.46. The summed E-state index contributed by atoms with van der Waals surface area (Å²) < 4.78 is 0. The van der Waals surface area contributed by atoms with Crippen LogP contribution in [0.3, 0.4) is 0 Å². The zero-order valence-electron chi connectivity index (χ0n) is 8.14. The van der Waals surface area contributed by atoms with Gasteiger partial charge in [-0.1, -0.05) is 24.6 Å². The molecule has 78 valence electrons. The molecule has 0 unspecified atom stereocenters. The van der Waals surface area contributed by atoms with Crippen molar-refractivity contribution in [1.29, 1.82) is 0 Å². The summed E-state index contributed by atoms with van der Waals surface area (Å²) >= 11 is 1.43. The Labute approximate surface area is 87.4 Å². The fourth-order valence-corrected chi connectivity index (χ4v) is 2.92. The first-order valence-electron chi connectivity index (χ1n) is 4.88. The monoisotopic (exact) mass is 214 g/mol. The van der Waals surface area contributed by atoms with E-state index in [-0.39, 0.29) is 12.1 Å². The van der Waals surface area contributed by atoms with E-state index < -0.39 is 6.09 Å². The Balaban J connectivity index is 2.21. The van der Waals surface area contributed by atoms with Crippen LogP contribution in [0, 0.1) is 0 Å². The van der Waals surface area contributed by atoms with Gasteiger partial charge in [0.25, 0.3) is 0 Å². The second-order valence-electron chi connectivity index (χ2n) is 3.69. The van der Waals surface area contributed by atoms with Gasteiger partial charge in [0, 0.05) is 0 Å². The van der Waals surface area contributed by atoms with E-state index in [2.05, 4.69) is 4.99 Å². The highest BCUT2D eigenvalue weighted by Gasteiger charge is 2.40. The summed E-state index contributed by atoms with van der Waals surface area (Å²) in [6.45, 7) is 0. The number of carbonyl (C=O) groups is 1. The quantitative estimate of drug-likeness (QED) is 0.671. The van der Waals surface area contributed by atoms with Gasteiger partial charge in [-0.3, -0.25) is 9.89 Å². The minimum absolute atomic E-state index is 0.115. The topological polar surface area (TPSA) is 52.9 Å². The Morgan fingerprint density at radius 2 is 2.29 bits per heavy atom. The SMILES string of the molecule is CSC1=N[C@H]2CCCC[C@H]2N1C(=O)O. The summed E-state index contributed by atoms with van der Waals surface area (Å²) in [5.74, 6) is 0. The molecule has 0 bridgehead atoms. The number of hydrogen-bond acceptors (Lipinski definition) is 3. The van der Waals surface area contributed by atoms with Gasteiger partial charge >= 0.3 is 6.09 Å². The highest BCUT2D eigenvalue weighted by molar-refractivity contribution is 8.13. The number of thioether (sulfide) groups is 1. The van der Waals surface area contributed by atoms with Gasteiger partial charge < -0.3 is 5.11 Å². The van der Waals surface area contributed by atoms with Crippen LogP contribution in [-0.4, -0.2) is 39.6 Å². The maximum absolute atomic E-state index is 11.1. The van der Waals surface area contributed by atoms with E-state index in [9.17, 15) is 4.79 Å². The van der Waals surface area contributed by atoms with E-state index in [1.165, 1.54) is 23.1 Å². The molecule has 2 aliphatic rings. The molecular weight excluding hydrogens is 200 g/mol. The lowest BCUT2D eigenvalue weighted by Crippen LogP contribution is -2.43. The minimum atomic E-state index is -0.854. The van der Waals surface area contributed by atoms with Crippen LogP contribution in [0.2, 0.25) is 0 Å². The number of fused-ring (bicyclic) bond motifs is 1. The number of amides is 1. The molecular formula is C9H14N2O2S. The Hall–Kier alpha value is -0.710. The number of hydrogen-bond donors (Lipinski definition) is 1. The van der Waals surface area contributed by atoms with Crippen molar-refractivity contribution in [1.82, 2.24) is 4.90 Å². The molecule has 0 saturated heterocycles. The van der Waals surface area contributed by atoms with Crippen LogP contribution in [-0.2, 0) is 0 Å². The molecule has 1 saturated carbocycles. The third kappa shape index (κ3) is 1.49. The molecule has 1 aliphatic heterocycles. The molecule has 0 spiro atoms. The zero-order valence-corrected chi connectivity index (χ0v) is 8.96. The summed E-state index contributed by atoms with van der Waals surface area (Å²) in [6.07, 6.45) is 5.34. The maximum atomic E-state index is 11.1. The number of aliphatic imine (C=N–C) groups is 1. The molecule has 1 fully saturated rings. The lowest BCUT2D eigenvalue weighted by molar-refractivity contribution is 0.150. The van der Waals surface area contributed by atoms with Crippen LogP contribution in [0.25, 0.3) is 0 Å². The Morgan fingerprint density at radius 3 is 2.93 bits per heavy atom. The maximum Gasteiger partial charge on any atom is 0.413 e. The normalized spacial score (nSPS) is 31.2. The van der Waals surface area contributed by atoms with E-state index in [1.54, 1.807) is 0 Å². The van der Waals surface area contributed by atoms with Gasteiger partial charge in [0.2, 0.25) is 0 Å². The van der Waals surface area contributed by atoms with Crippen LogP contribution < -0.4 is 0 Å². The van der Waals surface area contributed by atoms with Crippen molar-refractivity contribution in [2.75, 3.05) is 6.26 Å². The zero-order chi connectivity index (χ0) is 10.1. The smallest absolute Gasteiger partial charge is 0.413 e. The van der Waals surface area contributed by atoms with Crippen molar-refractivity contribution in [3.63, 3.8) is 0 Å². The predicted octanol–water partition coefficient (Wildman–Crippen LogP) is 2.01. The number of rotatable bonds is 0. The molecule has 0 aromatic carbocycles. The van der Waals surface area contributed by atoms with Crippen LogP contribution in [0.4, 0.5) is 4.79 Å². The molecule has 14 heavy (non-hydrogen) atoms. The molecule has 0 radical (unpaired) electrons. The standard InChI is InChI=1S/C9H14N2O2S/c1-14-8-10-6-4-2-3-5-7(6)11(8)9(12)13/h6-7H,2-5H2,1H3,(H,12,13)/t6-,7+/m0/s1. The third-order valence-corrected chi connectivity index (χ3v) is 3.56. The van der Waals surface area contributed by atoms with E-state index in [0.717, 1.165) is 19.3 Å². The first-order chi connectivity index (χ1) is 6.74. The van der Waals surface area contributed by atoms with Gasteiger partial charge in [0.15, 0.2) is 5.17 Å². The molecule has 1 N–H and O–H groups in total. The molecule has 0 aromatic rings. The number of amidine groups is 1. The van der Waals surface area contributed by atoms with E-state index in [1.807, 2.05) is 6.26 Å². The number of nitrogens with zero attached hydrogens (tertiary/aromatic N) is 2. The molecule has 2 rings (SSSR count). The molecule has 4 nitrogen and oxygen atoms in total. The fraction of sp³-hybridized carbons (Fsp3) is 0.778. The molecule has 2 atom stereocenters. The van der Waals surface area contributed by atoms with E-state index >= 15 is 0 Å². The molecule has 1 heterocycles. The van der Waals surface area contributed by atoms with Gasteiger partial charge in [0.1, 0.15) is 0 Å². The summed E-state index contributed by atoms with van der Waals surface area (Å²) in [4.78, 5) is 17.0. The summed E-state index contributed by atoms with van der Waals surface area (Å²) in [6, 6.07) is 0.339. The minimum Gasteiger partial charge on any atom is -0.465 e. The highest BCUT2D eigenvalue weighted by atomic mass is 32.2. The van der Waals surface area contributed by atoms with Crippen molar-refractivity contribution in [3.05, 3.63) is 0 Å². The van der Waals surface area contributed by atoms with Gasteiger partial charge in [-0.2, -0.15) is 0 Å². The highest BCUT2D eigenvalue weighted by Crippen LogP contribution is 2.33. The average molecular weight is 214 g/mol.